The van der Waals surface area contributed by atoms with Gasteiger partial charge in [-0.05, 0) is 45.0 Å². The molecule has 2 heterocycles. The molecule has 0 aliphatic heterocycles. The summed E-state index contributed by atoms with van der Waals surface area (Å²) in [5, 5.41) is 23.5. The van der Waals surface area contributed by atoms with Crippen molar-refractivity contribution in [1.29, 1.82) is 0 Å². The van der Waals surface area contributed by atoms with Gasteiger partial charge in [0.05, 0.1) is 20.5 Å². The van der Waals surface area contributed by atoms with Gasteiger partial charge in [0.2, 0.25) is 5.82 Å². The van der Waals surface area contributed by atoms with Crippen molar-refractivity contribution in [3.05, 3.63) is 178 Å². The van der Waals surface area contributed by atoms with Crippen LogP contribution in [0.5, 0.6) is 0 Å². The third kappa shape index (κ3) is 6.19. The second-order valence-electron chi connectivity index (χ2n) is 10.8. The highest BCUT2D eigenvalue weighted by molar-refractivity contribution is 6.30. The van der Waals surface area contributed by atoms with Gasteiger partial charge in [-0.3, -0.25) is 0 Å². The molecule has 0 saturated heterocycles. The van der Waals surface area contributed by atoms with Gasteiger partial charge in [0.15, 0.2) is 10.7 Å². The molecule has 0 fully saturated rings. The molecule has 1 N–H and O–H groups in total. The number of halogens is 1. The number of hydrogen-bond acceptors (Lipinski definition) is 5. The monoisotopic (exact) mass is 679 g/mol. The number of aromatic nitrogens is 6. The Kier molecular flexibility index (Phi) is 5.58. The van der Waals surface area contributed by atoms with Crippen LogP contribution in [-0.2, 0) is 25.0 Å². The van der Waals surface area contributed by atoms with Gasteiger partial charge in [0.25, 0.3) is 0 Å². The van der Waals surface area contributed by atoms with Gasteiger partial charge in [-0.15, -0.1) is 15.0 Å². The van der Waals surface area contributed by atoms with E-state index >= 15 is 0 Å². The molecule has 0 spiro atoms. The first kappa shape index (κ1) is 19.0. The first-order valence-electron chi connectivity index (χ1n) is 22.6. The molecule has 7 rings (SSSR count). The second kappa shape index (κ2) is 14.4. The maximum atomic E-state index is 10.5. The SMILES string of the molecule is [2H]c1c([2H])c([2H])c(-c2nnn(C(c3ccccc3)(c3ccccc3)c3ccccc3)n2)c(-c2ccc(Cn3c(C([2H])([2H])C([2H])([2H])C([2H])([2H])C([2H])([2H])[2H])nc(Cl)c3C([2H])([2H])O)cc2)c1[2H]. The van der Waals surface area contributed by atoms with E-state index in [-0.39, 0.29) is 28.1 Å². The Morgan fingerprint density at radius 2 is 1.41 bits per heavy atom. The van der Waals surface area contributed by atoms with Crippen molar-refractivity contribution in [2.24, 2.45) is 0 Å². The molecule has 0 aliphatic rings. The van der Waals surface area contributed by atoms with Crippen molar-refractivity contribution >= 4 is 11.6 Å². The fourth-order valence-corrected chi connectivity index (χ4v) is 6.09. The molecule has 0 saturated carbocycles. The number of aryl methyl sites for hydroxylation is 1. The summed E-state index contributed by atoms with van der Waals surface area (Å²) in [5.74, 6) is -1.15. The number of hydrogen-bond donors (Lipinski definition) is 1. The van der Waals surface area contributed by atoms with Crippen LogP contribution in [-0.4, -0.2) is 34.9 Å². The third-order valence-corrected chi connectivity index (χ3v) is 8.31. The summed E-state index contributed by atoms with van der Waals surface area (Å²) in [4.78, 5) is 5.20. The second-order valence-corrected chi connectivity index (χ2v) is 11.2. The Hall–Kier alpha value is -5.37. The quantitative estimate of drug-likeness (QED) is 0.131. The molecule has 7 aromatic rings. The maximum absolute atomic E-state index is 10.5. The van der Waals surface area contributed by atoms with Gasteiger partial charge < -0.3 is 9.67 Å². The first-order valence-corrected chi connectivity index (χ1v) is 15.4. The van der Waals surface area contributed by atoms with E-state index in [0.29, 0.717) is 4.57 Å². The van der Waals surface area contributed by atoms with Gasteiger partial charge in [-0.2, -0.15) is 0 Å². The van der Waals surface area contributed by atoms with Gasteiger partial charge in [-0.1, -0.05) is 164 Å². The average Bonchev–Trinajstić information content (AvgIpc) is 3.87. The van der Waals surface area contributed by atoms with Crippen LogP contribution < -0.4 is 0 Å². The average molecular weight is 680 g/mol. The van der Waals surface area contributed by atoms with E-state index in [9.17, 15) is 5.11 Å². The summed E-state index contributed by atoms with van der Waals surface area (Å²) >= 11 is 6.22. The Balaban J connectivity index is 1.37. The van der Waals surface area contributed by atoms with Crippen LogP contribution in [0.25, 0.3) is 22.5 Å². The van der Waals surface area contributed by atoms with Gasteiger partial charge >= 0.3 is 0 Å². The number of benzene rings is 5. The standard InChI is InChI=1S/C41H37ClN6O/c1-2-3-23-38-43-39(42)37(29-49)47(38)28-30-24-26-31(27-25-30)35-21-13-14-22-36(35)40-44-46-48(45-40)41(32-15-7-4-8-16-32,33-17-9-5-10-18-33)34-19-11-6-12-20-34/h4-22,24-27,49H,2-3,23,28-29H2,1H3/i1D3,2D2,3D2,13D,14D,21D,22D,23D2,29D2. The van der Waals surface area contributed by atoms with Crippen molar-refractivity contribution in [1.82, 2.24) is 29.8 Å². The highest BCUT2D eigenvalue weighted by atomic mass is 35.5. The van der Waals surface area contributed by atoms with E-state index in [4.69, 9.17) is 37.3 Å². The summed E-state index contributed by atoms with van der Waals surface area (Å²) in [6, 6.07) is 32.1. The van der Waals surface area contributed by atoms with Crippen molar-refractivity contribution in [2.45, 2.75) is 44.6 Å². The maximum Gasteiger partial charge on any atom is 0.205 e. The van der Waals surface area contributed by atoms with Crippen molar-refractivity contribution in [3.63, 3.8) is 0 Å². The van der Waals surface area contributed by atoms with Crippen molar-refractivity contribution in [2.75, 3.05) is 0 Å². The zero-order chi connectivity index (χ0) is 46.8. The molecule has 2 aromatic heterocycles. The highest BCUT2D eigenvalue weighted by Gasteiger charge is 2.41. The summed E-state index contributed by atoms with van der Waals surface area (Å²) in [6.45, 7) is -7.54. The molecular formula is C41H37ClN6O. The first-order chi connectivity index (χ1) is 29.9. The van der Waals surface area contributed by atoms with Gasteiger partial charge in [-0.25, -0.2) is 4.98 Å². The number of rotatable bonds is 12. The minimum atomic E-state index is -3.83. The highest BCUT2D eigenvalue weighted by Crippen LogP contribution is 2.40. The minimum Gasteiger partial charge on any atom is -0.390 e. The van der Waals surface area contributed by atoms with E-state index in [0.717, 1.165) is 16.7 Å². The fourth-order valence-electron chi connectivity index (χ4n) is 5.86. The van der Waals surface area contributed by atoms with Crippen LogP contribution in [0.4, 0.5) is 0 Å². The Morgan fingerprint density at radius 1 is 0.816 bits per heavy atom. The van der Waals surface area contributed by atoms with E-state index < -0.39 is 85.5 Å². The minimum absolute atomic E-state index is 0.0167. The fraction of sp³-hybridized carbons (Fsp3) is 0.171. The molecular weight excluding hydrogens is 628 g/mol. The summed E-state index contributed by atoms with van der Waals surface area (Å²) < 4.78 is 125. The number of tetrazole rings is 1. The van der Waals surface area contributed by atoms with Gasteiger partial charge in [0.1, 0.15) is 5.82 Å². The lowest BCUT2D eigenvalue weighted by Crippen LogP contribution is -2.39. The smallest absolute Gasteiger partial charge is 0.205 e. The molecule has 244 valence electrons. The van der Waals surface area contributed by atoms with Crippen LogP contribution in [0.2, 0.25) is 5.15 Å². The number of imidazole rings is 1. The van der Waals surface area contributed by atoms with Crippen molar-refractivity contribution < 1.29 is 25.7 Å². The summed E-state index contributed by atoms with van der Waals surface area (Å²) in [6.07, 6.45) is -11.2. The molecule has 49 heavy (non-hydrogen) atoms. The lowest BCUT2D eigenvalue weighted by molar-refractivity contribution is 0.271. The third-order valence-electron chi connectivity index (χ3n) is 8.05. The van der Waals surface area contributed by atoms with E-state index in [1.807, 2.05) is 91.0 Å². The normalized spacial score (nSPS) is 17.5. The molecule has 0 atom stereocenters. The number of aliphatic hydroxyl groups is 1. The molecule has 8 heteroatoms. The van der Waals surface area contributed by atoms with E-state index in [2.05, 4.69) is 15.3 Å². The van der Waals surface area contributed by atoms with Crippen LogP contribution in [0, 0.1) is 0 Å². The molecule has 5 aromatic carbocycles. The van der Waals surface area contributed by atoms with Crippen LogP contribution in [0.15, 0.2) is 139 Å². The Labute approximate surface area is 312 Å². The van der Waals surface area contributed by atoms with Crippen LogP contribution in [0.3, 0.4) is 0 Å². The lowest BCUT2D eigenvalue weighted by Gasteiger charge is -2.34. The van der Waals surface area contributed by atoms with Crippen LogP contribution in [0.1, 0.15) is 73.9 Å². The van der Waals surface area contributed by atoms with Crippen molar-refractivity contribution in [3.8, 4) is 22.5 Å². The summed E-state index contributed by atoms with van der Waals surface area (Å²) in [5.41, 5.74) is 0.583. The van der Waals surface area contributed by atoms with E-state index in [1.54, 1.807) is 0 Å². The molecule has 0 amide bonds. The lowest BCUT2D eigenvalue weighted by atomic mass is 9.77. The molecule has 0 unspecified atom stereocenters. The van der Waals surface area contributed by atoms with E-state index in [1.165, 1.54) is 29.1 Å². The predicted molar refractivity (Wildman–Crippen MR) is 194 cm³/mol. The van der Waals surface area contributed by atoms with Gasteiger partial charge in [0, 0.05) is 30.8 Å². The predicted octanol–water partition coefficient (Wildman–Crippen LogP) is 8.58. The largest absolute Gasteiger partial charge is 0.390 e. The summed E-state index contributed by atoms with van der Waals surface area (Å²) in [7, 11) is 0. The molecule has 0 radical (unpaired) electrons. The zero-order valence-corrected chi connectivity index (χ0v) is 26.4. The molecule has 0 aliphatic carbocycles. The van der Waals surface area contributed by atoms with Crippen LogP contribution >= 0.6 is 11.6 Å². The topological polar surface area (TPSA) is 81.7 Å². The Bertz CT molecular complexity index is 2720. The molecule has 0 bridgehead atoms. The molecule has 7 nitrogen and oxygen atoms in total. The zero-order valence-electron chi connectivity index (χ0n) is 40.7. The Morgan fingerprint density at radius 3 is 1.98 bits per heavy atom. The number of nitrogens with zero attached hydrogens (tertiary/aromatic N) is 6.